The molecular formula is C19H19NO5S. The van der Waals surface area contributed by atoms with Gasteiger partial charge in [-0.1, -0.05) is 0 Å². The quantitative estimate of drug-likeness (QED) is 0.840. The summed E-state index contributed by atoms with van der Waals surface area (Å²) in [7, 11) is 0. The second-order valence-corrected chi connectivity index (χ2v) is 7.76. The van der Waals surface area contributed by atoms with Gasteiger partial charge in [0, 0.05) is 4.88 Å². The number of carbonyl (C=O) groups is 2. The van der Waals surface area contributed by atoms with E-state index in [4.69, 9.17) is 14.6 Å². The predicted molar refractivity (Wildman–Crippen MR) is 97.0 cm³/mol. The van der Waals surface area contributed by atoms with Crippen molar-refractivity contribution in [2.75, 3.05) is 13.2 Å². The lowest BCUT2D eigenvalue weighted by molar-refractivity contribution is -0.139. The van der Waals surface area contributed by atoms with Gasteiger partial charge in [-0.25, -0.2) is 0 Å². The largest absolute Gasteiger partial charge is 0.486 e. The number of carboxylic acid groups (broad SMARTS) is 1. The summed E-state index contributed by atoms with van der Waals surface area (Å²) in [4.78, 5) is 25.2. The molecule has 1 aromatic heterocycles. The van der Waals surface area contributed by atoms with E-state index in [9.17, 15) is 9.59 Å². The molecule has 26 heavy (non-hydrogen) atoms. The van der Waals surface area contributed by atoms with Crippen LogP contribution >= 0.6 is 11.3 Å². The molecule has 1 aromatic carbocycles. The number of rotatable bonds is 5. The average Bonchev–Trinajstić information content (AvgIpc) is 3.09. The fraction of sp³-hybridized carbons (Fsp3) is 0.368. The normalized spacial score (nSPS) is 17.2. The molecule has 1 saturated carbocycles. The summed E-state index contributed by atoms with van der Waals surface area (Å²) in [5.41, 5.74) is 0.367. The smallest absolute Gasteiger partial charge is 0.305 e. The summed E-state index contributed by atoms with van der Waals surface area (Å²) < 4.78 is 11.1. The molecule has 0 spiro atoms. The molecule has 136 valence electrons. The van der Waals surface area contributed by atoms with E-state index >= 15 is 0 Å². The van der Waals surface area contributed by atoms with Crippen LogP contribution < -0.4 is 14.8 Å². The Labute approximate surface area is 154 Å². The lowest BCUT2D eigenvalue weighted by atomic mass is 9.74. The van der Waals surface area contributed by atoms with Gasteiger partial charge in [0.25, 0.3) is 5.91 Å². The first-order chi connectivity index (χ1) is 12.5. The molecule has 0 unspecified atom stereocenters. The zero-order valence-corrected chi connectivity index (χ0v) is 14.9. The van der Waals surface area contributed by atoms with Crippen LogP contribution in [0.25, 0.3) is 10.4 Å². The lowest BCUT2D eigenvalue weighted by Gasteiger charge is -2.41. The molecule has 1 amide bonds. The Morgan fingerprint density at radius 3 is 2.58 bits per heavy atom. The summed E-state index contributed by atoms with van der Waals surface area (Å²) in [6, 6.07) is 9.41. The number of thiophene rings is 1. The molecule has 0 radical (unpaired) electrons. The third kappa shape index (κ3) is 3.26. The second-order valence-electron chi connectivity index (χ2n) is 6.68. The Morgan fingerprint density at radius 2 is 1.88 bits per heavy atom. The van der Waals surface area contributed by atoms with E-state index in [-0.39, 0.29) is 12.3 Å². The van der Waals surface area contributed by atoms with Gasteiger partial charge in [-0.05, 0) is 55.2 Å². The topological polar surface area (TPSA) is 84.9 Å². The van der Waals surface area contributed by atoms with Crippen LogP contribution in [0.2, 0.25) is 0 Å². The number of carbonyl (C=O) groups excluding carboxylic acids is 1. The van der Waals surface area contributed by atoms with E-state index in [2.05, 4.69) is 5.32 Å². The molecule has 4 rings (SSSR count). The van der Waals surface area contributed by atoms with Gasteiger partial charge in [0.1, 0.15) is 13.2 Å². The minimum absolute atomic E-state index is 0.0286. The van der Waals surface area contributed by atoms with Crippen LogP contribution in [-0.4, -0.2) is 35.7 Å². The highest BCUT2D eigenvalue weighted by Crippen LogP contribution is 2.38. The Morgan fingerprint density at radius 1 is 1.12 bits per heavy atom. The van der Waals surface area contributed by atoms with Crippen molar-refractivity contribution < 1.29 is 24.2 Å². The molecule has 1 aliphatic heterocycles. The maximum atomic E-state index is 12.6. The van der Waals surface area contributed by atoms with E-state index in [1.165, 1.54) is 11.3 Å². The maximum absolute atomic E-state index is 12.6. The summed E-state index contributed by atoms with van der Waals surface area (Å²) >= 11 is 1.38. The first-order valence-electron chi connectivity index (χ1n) is 8.59. The van der Waals surface area contributed by atoms with E-state index in [1.54, 1.807) is 6.07 Å². The number of nitrogens with one attached hydrogen (secondary N) is 1. The highest BCUT2D eigenvalue weighted by molar-refractivity contribution is 7.17. The van der Waals surface area contributed by atoms with Gasteiger partial charge in [-0.2, -0.15) is 0 Å². The van der Waals surface area contributed by atoms with E-state index in [0.29, 0.717) is 36.7 Å². The summed E-state index contributed by atoms with van der Waals surface area (Å²) in [5, 5.41) is 12.0. The minimum Gasteiger partial charge on any atom is -0.486 e. The summed E-state index contributed by atoms with van der Waals surface area (Å²) in [6.45, 7) is 1.08. The molecule has 2 aliphatic rings. The zero-order valence-electron chi connectivity index (χ0n) is 14.1. The van der Waals surface area contributed by atoms with Crippen LogP contribution in [0, 0.1) is 0 Å². The van der Waals surface area contributed by atoms with Crippen LogP contribution in [-0.2, 0) is 4.79 Å². The Hall–Kier alpha value is -2.54. The van der Waals surface area contributed by atoms with Crippen molar-refractivity contribution in [2.24, 2.45) is 0 Å². The van der Waals surface area contributed by atoms with Crippen molar-refractivity contribution in [3.8, 4) is 21.9 Å². The van der Waals surface area contributed by atoms with Crippen LogP contribution in [0.4, 0.5) is 0 Å². The molecule has 0 atom stereocenters. The summed E-state index contributed by atoms with van der Waals surface area (Å²) in [5.74, 6) is 0.353. The Bertz CT molecular complexity index is 855. The number of amides is 1. The average molecular weight is 373 g/mol. The van der Waals surface area contributed by atoms with Crippen LogP contribution in [0.5, 0.6) is 11.5 Å². The zero-order chi connectivity index (χ0) is 18.1. The fourth-order valence-electron chi connectivity index (χ4n) is 3.35. The molecule has 1 aliphatic carbocycles. The number of benzene rings is 1. The highest BCUT2D eigenvalue weighted by Gasteiger charge is 2.40. The number of hydrogen-bond donors (Lipinski definition) is 2. The third-order valence-corrected chi connectivity index (χ3v) is 5.97. The fourth-order valence-corrected chi connectivity index (χ4v) is 4.25. The molecule has 2 N–H and O–H groups in total. The molecule has 0 saturated heterocycles. The molecule has 1 fully saturated rings. The molecule has 2 heterocycles. The number of ether oxygens (including phenoxy) is 2. The Kier molecular flexibility index (Phi) is 4.32. The first kappa shape index (κ1) is 16.9. The van der Waals surface area contributed by atoms with Gasteiger partial charge < -0.3 is 19.9 Å². The van der Waals surface area contributed by atoms with Crippen molar-refractivity contribution >= 4 is 23.2 Å². The SMILES string of the molecule is O=C(O)CC1(NC(=O)c2ccc(-c3ccc4c(c3)OCCO4)s2)CCC1. The number of carboxylic acids is 1. The maximum Gasteiger partial charge on any atom is 0.305 e. The molecule has 0 bridgehead atoms. The van der Waals surface area contributed by atoms with E-state index in [1.807, 2.05) is 24.3 Å². The Balaban J connectivity index is 1.51. The summed E-state index contributed by atoms with van der Waals surface area (Å²) in [6.07, 6.45) is 2.34. The monoisotopic (exact) mass is 373 g/mol. The second kappa shape index (κ2) is 6.64. The molecular weight excluding hydrogens is 354 g/mol. The number of aliphatic carboxylic acids is 1. The van der Waals surface area contributed by atoms with E-state index < -0.39 is 11.5 Å². The third-order valence-electron chi connectivity index (χ3n) is 4.84. The van der Waals surface area contributed by atoms with E-state index in [0.717, 1.165) is 22.6 Å². The van der Waals surface area contributed by atoms with Gasteiger partial charge in [0.2, 0.25) is 0 Å². The van der Waals surface area contributed by atoms with Crippen molar-refractivity contribution in [3.63, 3.8) is 0 Å². The molecule has 6 nitrogen and oxygen atoms in total. The van der Waals surface area contributed by atoms with Crippen LogP contribution in [0.3, 0.4) is 0 Å². The van der Waals surface area contributed by atoms with Crippen molar-refractivity contribution in [1.29, 1.82) is 0 Å². The number of fused-ring (bicyclic) bond motifs is 1. The lowest BCUT2D eigenvalue weighted by Crippen LogP contribution is -2.54. The van der Waals surface area contributed by atoms with Gasteiger partial charge in [-0.3, -0.25) is 9.59 Å². The van der Waals surface area contributed by atoms with Gasteiger partial charge in [0.15, 0.2) is 11.5 Å². The van der Waals surface area contributed by atoms with Crippen molar-refractivity contribution in [2.45, 2.75) is 31.2 Å². The van der Waals surface area contributed by atoms with Crippen LogP contribution in [0.1, 0.15) is 35.4 Å². The molecule has 2 aromatic rings. The van der Waals surface area contributed by atoms with Crippen LogP contribution in [0.15, 0.2) is 30.3 Å². The van der Waals surface area contributed by atoms with Gasteiger partial charge in [0.05, 0.1) is 16.8 Å². The standard InChI is InChI=1S/C19H19NO5S/c21-17(22)11-19(6-1-7-19)20-18(23)16-5-4-15(26-16)12-2-3-13-14(10-12)25-9-8-24-13/h2-5,10H,1,6-9,11H2,(H,20,23)(H,21,22). The molecule has 7 heteroatoms. The van der Waals surface area contributed by atoms with Crippen molar-refractivity contribution in [1.82, 2.24) is 5.32 Å². The highest BCUT2D eigenvalue weighted by atomic mass is 32.1. The van der Waals surface area contributed by atoms with Crippen molar-refractivity contribution in [3.05, 3.63) is 35.2 Å². The van der Waals surface area contributed by atoms with Gasteiger partial charge in [-0.15, -0.1) is 11.3 Å². The number of hydrogen-bond acceptors (Lipinski definition) is 5. The predicted octanol–water partition coefficient (Wildman–Crippen LogP) is 3.31. The van der Waals surface area contributed by atoms with Gasteiger partial charge >= 0.3 is 5.97 Å². The first-order valence-corrected chi connectivity index (χ1v) is 9.41. The minimum atomic E-state index is -0.881.